The summed E-state index contributed by atoms with van der Waals surface area (Å²) in [4.78, 5) is 12.1. The first-order chi connectivity index (χ1) is 13.0. The minimum atomic E-state index is -0.145. The first kappa shape index (κ1) is 19.6. The monoisotopic (exact) mass is 487 g/mol. The fourth-order valence-corrected chi connectivity index (χ4v) is 3.65. The van der Waals surface area contributed by atoms with Gasteiger partial charge < -0.3 is 4.57 Å². The summed E-state index contributed by atoms with van der Waals surface area (Å²) in [6, 6.07) is 17.8. The molecule has 0 aliphatic heterocycles. The highest BCUT2D eigenvalue weighted by atomic mass is 79.9. The molecule has 3 rings (SSSR count). The largest absolute Gasteiger partial charge is 0.317 e. The van der Waals surface area contributed by atoms with Crippen molar-refractivity contribution in [3.8, 4) is 5.69 Å². The van der Waals surface area contributed by atoms with Crippen LogP contribution >= 0.6 is 31.9 Å². The Bertz CT molecular complexity index is 991. The molecule has 138 valence electrons. The molecule has 1 amide bonds. The number of amides is 1. The van der Waals surface area contributed by atoms with Gasteiger partial charge in [-0.2, -0.15) is 5.10 Å². The predicted octanol–water partition coefficient (Wildman–Crippen LogP) is 5.31. The molecule has 0 aliphatic carbocycles. The number of nitrogens with one attached hydrogen (secondary N) is 1. The molecule has 0 bridgehead atoms. The van der Waals surface area contributed by atoms with Crippen molar-refractivity contribution in [3.05, 3.63) is 86.1 Å². The lowest BCUT2D eigenvalue weighted by atomic mass is 10.1. The normalized spacial score (nSPS) is 11.1. The van der Waals surface area contributed by atoms with E-state index in [0.717, 1.165) is 37.1 Å². The van der Waals surface area contributed by atoms with Gasteiger partial charge in [0.2, 0.25) is 5.91 Å². The zero-order valence-corrected chi connectivity index (χ0v) is 18.2. The van der Waals surface area contributed by atoms with Crippen molar-refractivity contribution < 1.29 is 4.79 Å². The minimum Gasteiger partial charge on any atom is -0.317 e. The van der Waals surface area contributed by atoms with Crippen LogP contribution in [0.25, 0.3) is 5.69 Å². The summed E-state index contributed by atoms with van der Waals surface area (Å²) in [6.07, 6.45) is 1.98. The van der Waals surface area contributed by atoms with Crippen LogP contribution in [0.5, 0.6) is 0 Å². The zero-order chi connectivity index (χ0) is 19.4. The molecule has 0 unspecified atom stereocenters. The van der Waals surface area contributed by atoms with Gasteiger partial charge in [-0.1, -0.05) is 40.2 Å². The van der Waals surface area contributed by atoms with Crippen LogP contribution in [-0.2, 0) is 11.2 Å². The lowest BCUT2D eigenvalue weighted by Gasteiger charge is -2.11. The quantitative estimate of drug-likeness (QED) is 0.383. The Hall–Kier alpha value is -2.18. The zero-order valence-electron chi connectivity index (χ0n) is 15.0. The highest BCUT2D eigenvalue weighted by Crippen LogP contribution is 2.26. The maximum Gasteiger partial charge on any atom is 0.244 e. The van der Waals surface area contributed by atoms with Crippen molar-refractivity contribution in [2.45, 2.75) is 20.3 Å². The van der Waals surface area contributed by atoms with E-state index in [1.165, 1.54) is 0 Å². The SMILES string of the molecule is Cc1cc(/C=N/NC(=O)Cc2ccc(Br)cc2)c(C)n1-c1ccccc1Br. The van der Waals surface area contributed by atoms with Gasteiger partial charge in [-0.3, -0.25) is 4.79 Å². The van der Waals surface area contributed by atoms with E-state index in [0.29, 0.717) is 6.42 Å². The molecule has 2 aromatic carbocycles. The van der Waals surface area contributed by atoms with E-state index >= 15 is 0 Å². The Morgan fingerprint density at radius 1 is 1.11 bits per heavy atom. The van der Waals surface area contributed by atoms with Gasteiger partial charge in [-0.05, 0) is 65.7 Å². The number of aromatic nitrogens is 1. The molecule has 1 aromatic heterocycles. The average molecular weight is 489 g/mol. The summed E-state index contributed by atoms with van der Waals surface area (Å²) in [5.74, 6) is -0.145. The van der Waals surface area contributed by atoms with Gasteiger partial charge in [-0.15, -0.1) is 0 Å². The topological polar surface area (TPSA) is 46.4 Å². The molecule has 1 N–H and O–H groups in total. The third-order valence-electron chi connectivity index (χ3n) is 4.23. The van der Waals surface area contributed by atoms with Gasteiger partial charge in [-0.25, -0.2) is 5.43 Å². The highest BCUT2D eigenvalue weighted by Gasteiger charge is 2.11. The molecule has 0 spiro atoms. The molecular weight excluding hydrogens is 470 g/mol. The van der Waals surface area contributed by atoms with E-state index in [4.69, 9.17) is 0 Å². The van der Waals surface area contributed by atoms with Crippen LogP contribution in [0.4, 0.5) is 0 Å². The van der Waals surface area contributed by atoms with E-state index < -0.39 is 0 Å². The predicted molar refractivity (Wildman–Crippen MR) is 117 cm³/mol. The van der Waals surface area contributed by atoms with E-state index in [1.807, 2.05) is 49.4 Å². The number of carbonyl (C=O) groups excluding carboxylic acids is 1. The van der Waals surface area contributed by atoms with Gasteiger partial charge in [0.1, 0.15) is 0 Å². The van der Waals surface area contributed by atoms with Crippen molar-refractivity contribution in [2.75, 3.05) is 0 Å². The van der Waals surface area contributed by atoms with Gasteiger partial charge >= 0.3 is 0 Å². The van der Waals surface area contributed by atoms with Crippen molar-refractivity contribution >= 4 is 44.0 Å². The number of carbonyl (C=O) groups is 1. The van der Waals surface area contributed by atoms with E-state index in [2.05, 4.69) is 66.0 Å². The second kappa shape index (κ2) is 8.67. The van der Waals surface area contributed by atoms with Crippen LogP contribution in [0.1, 0.15) is 22.5 Å². The second-order valence-corrected chi connectivity index (χ2v) is 7.98. The van der Waals surface area contributed by atoms with E-state index in [9.17, 15) is 4.79 Å². The van der Waals surface area contributed by atoms with Gasteiger partial charge in [0.05, 0.1) is 18.3 Å². The van der Waals surface area contributed by atoms with Crippen LogP contribution in [0.3, 0.4) is 0 Å². The lowest BCUT2D eigenvalue weighted by molar-refractivity contribution is -0.120. The standard InChI is InChI=1S/C21H19Br2N3O/c1-14-11-17(15(2)26(14)20-6-4-3-5-19(20)23)13-24-25-21(27)12-16-7-9-18(22)10-8-16/h3-11,13H,12H2,1-2H3,(H,25,27)/b24-13+. The summed E-state index contributed by atoms with van der Waals surface area (Å²) in [6.45, 7) is 4.09. The smallest absolute Gasteiger partial charge is 0.244 e. The Labute approximate surface area is 175 Å². The number of benzene rings is 2. The van der Waals surface area contributed by atoms with Gasteiger partial charge in [0, 0.05) is 25.9 Å². The number of hydrogen-bond acceptors (Lipinski definition) is 2. The molecule has 0 saturated heterocycles. The van der Waals surface area contributed by atoms with Gasteiger partial charge in [0.15, 0.2) is 0 Å². The molecule has 27 heavy (non-hydrogen) atoms. The number of hydrazone groups is 1. The minimum absolute atomic E-state index is 0.145. The molecule has 0 saturated carbocycles. The molecule has 1 heterocycles. The summed E-state index contributed by atoms with van der Waals surface area (Å²) >= 11 is 6.99. The second-order valence-electron chi connectivity index (χ2n) is 6.21. The highest BCUT2D eigenvalue weighted by molar-refractivity contribution is 9.10. The van der Waals surface area contributed by atoms with Crippen LogP contribution in [0.15, 0.2) is 68.6 Å². The van der Waals surface area contributed by atoms with E-state index in [-0.39, 0.29) is 5.91 Å². The Morgan fingerprint density at radius 3 is 2.52 bits per heavy atom. The summed E-state index contributed by atoms with van der Waals surface area (Å²) in [7, 11) is 0. The van der Waals surface area contributed by atoms with Crippen molar-refractivity contribution in [2.24, 2.45) is 5.10 Å². The summed E-state index contributed by atoms with van der Waals surface area (Å²) < 4.78 is 4.18. The number of rotatable bonds is 5. The van der Waals surface area contributed by atoms with Crippen LogP contribution in [-0.4, -0.2) is 16.7 Å². The Balaban J connectivity index is 1.71. The molecule has 6 heteroatoms. The first-order valence-electron chi connectivity index (χ1n) is 8.46. The third kappa shape index (κ3) is 4.76. The maximum atomic E-state index is 12.1. The van der Waals surface area contributed by atoms with Gasteiger partial charge in [0.25, 0.3) is 0 Å². The fraction of sp³-hybridized carbons (Fsp3) is 0.143. The third-order valence-corrected chi connectivity index (χ3v) is 5.43. The number of aryl methyl sites for hydroxylation is 1. The van der Waals surface area contributed by atoms with Crippen LogP contribution < -0.4 is 5.43 Å². The van der Waals surface area contributed by atoms with E-state index in [1.54, 1.807) is 6.21 Å². The molecule has 4 nitrogen and oxygen atoms in total. The number of nitrogens with zero attached hydrogens (tertiary/aromatic N) is 2. The summed E-state index contributed by atoms with van der Waals surface area (Å²) in [5.41, 5.74) is 7.74. The van der Waals surface area contributed by atoms with Crippen molar-refractivity contribution in [1.29, 1.82) is 0 Å². The number of halogens is 2. The van der Waals surface area contributed by atoms with Crippen LogP contribution in [0, 0.1) is 13.8 Å². The molecular formula is C21H19Br2N3O. The Kier molecular flexibility index (Phi) is 6.29. The molecule has 0 aliphatic rings. The van der Waals surface area contributed by atoms with Crippen LogP contribution in [0.2, 0.25) is 0 Å². The van der Waals surface area contributed by atoms with Crippen molar-refractivity contribution in [1.82, 2.24) is 9.99 Å². The first-order valence-corrected chi connectivity index (χ1v) is 10.0. The molecule has 3 aromatic rings. The Morgan fingerprint density at radius 2 is 1.81 bits per heavy atom. The average Bonchev–Trinajstić information content (AvgIpc) is 2.91. The fourth-order valence-electron chi connectivity index (χ4n) is 2.92. The molecule has 0 atom stereocenters. The lowest BCUT2D eigenvalue weighted by Crippen LogP contribution is -2.19. The number of hydrogen-bond donors (Lipinski definition) is 1. The number of para-hydroxylation sites is 1. The van der Waals surface area contributed by atoms with Crippen molar-refractivity contribution in [3.63, 3.8) is 0 Å². The summed E-state index contributed by atoms with van der Waals surface area (Å²) in [5, 5.41) is 4.13. The molecule has 0 radical (unpaired) electrons. The maximum absolute atomic E-state index is 12.1. The molecule has 0 fully saturated rings.